The van der Waals surface area contributed by atoms with Gasteiger partial charge in [0.25, 0.3) is 0 Å². The van der Waals surface area contributed by atoms with Crippen molar-refractivity contribution in [3.05, 3.63) is 65.6 Å². The van der Waals surface area contributed by atoms with Crippen LogP contribution in [0.3, 0.4) is 0 Å². The molecular weight excluding hydrogens is 411 g/mol. The topological polar surface area (TPSA) is 86.5 Å². The number of halogens is 1. The molecule has 8 heteroatoms. The van der Waals surface area contributed by atoms with Crippen LogP contribution in [0.1, 0.15) is 24.6 Å². The fourth-order valence-electron chi connectivity index (χ4n) is 4.02. The van der Waals surface area contributed by atoms with Crippen molar-refractivity contribution in [2.24, 2.45) is 0 Å². The van der Waals surface area contributed by atoms with E-state index in [0.29, 0.717) is 26.2 Å². The molecule has 2 aromatic carbocycles. The molecule has 2 heterocycles. The van der Waals surface area contributed by atoms with E-state index in [1.54, 1.807) is 6.07 Å². The molecular formula is C24H27FN4O3. The van der Waals surface area contributed by atoms with Crippen LogP contribution in [0.4, 0.5) is 4.39 Å². The second-order valence-corrected chi connectivity index (χ2v) is 7.83. The number of carbonyl (C=O) groups is 2. The Kier molecular flexibility index (Phi) is 6.70. The van der Waals surface area contributed by atoms with E-state index in [9.17, 15) is 14.0 Å². The van der Waals surface area contributed by atoms with Crippen molar-refractivity contribution in [2.45, 2.75) is 32.5 Å². The molecule has 0 aliphatic carbocycles. The zero-order valence-corrected chi connectivity index (χ0v) is 18.0. The van der Waals surface area contributed by atoms with E-state index in [-0.39, 0.29) is 30.6 Å². The molecule has 1 aromatic heterocycles. The maximum atomic E-state index is 13.4. The lowest BCUT2D eigenvalue weighted by molar-refractivity contribution is -0.134. The van der Waals surface area contributed by atoms with Gasteiger partial charge < -0.3 is 20.4 Å². The highest BCUT2D eigenvalue weighted by Crippen LogP contribution is 2.22. The Balaban J connectivity index is 1.39. The van der Waals surface area contributed by atoms with Crippen molar-refractivity contribution in [3.8, 4) is 5.75 Å². The highest BCUT2D eigenvalue weighted by molar-refractivity contribution is 5.89. The summed E-state index contributed by atoms with van der Waals surface area (Å²) < 4.78 is 19.1. The van der Waals surface area contributed by atoms with E-state index in [0.717, 1.165) is 27.9 Å². The zero-order valence-electron chi connectivity index (χ0n) is 18.0. The number of nitrogens with zero attached hydrogens (tertiary/aromatic N) is 1. The number of aromatic nitrogens is 1. The molecule has 32 heavy (non-hydrogen) atoms. The molecule has 0 bridgehead atoms. The molecule has 0 saturated carbocycles. The lowest BCUT2D eigenvalue weighted by Gasteiger charge is -2.35. The monoisotopic (exact) mass is 438 g/mol. The Hall–Kier alpha value is -3.39. The molecule has 4 rings (SSSR count). The summed E-state index contributed by atoms with van der Waals surface area (Å²) in [6.07, 6.45) is 0.0531. The molecule has 1 aliphatic rings. The lowest BCUT2D eigenvalue weighted by Crippen LogP contribution is -2.56. The number of para-hydroxylation sites is 1. The summed E-state index contributed by atoms with van der Waals surface area (Å²) in [5, 5.41) is 6.47. The summed E-state index contributed by atoms with van der Waals surface area (Å²) in [5.74, 6) is 0.113. The average molecular weight is 439 g/mol. The second kappa shape index (κ2) is 9.82. The van der Waals surface area contributed by atoms with Gasteiger partial charge in [0.15, 0.2) is 0 Å². The van der Waals surface area contributed by atoms with Gasteiger partial charge in [0.2, 0.25) is 11.8 Å². The summed E-state index contributed by atoms with van der Waals surface area (Å²) in [4.78, 5) is 30.4. The Bertz CT molecular complexity index is 1110. The number of benzene rings is 2. The van der Waals surface area contributed by atoms with Gasteiger partial charge in [-0.3, -0.25) is 14.5 Å². The minimum absolute atomic E-state index is 0.0531. The molecule has 0 spiro atoms. The molecule has 7 nitrogen and oxygen atoms in total. The van der Waals surface area contributed by atoms with E-state index in [1.165, 1.54) is 12.1 Å². The Morgan fingerprint density at radius 2 is 2.09 bits per heavy atom. The number of rotatable bonds is 8. The lowest BCUT2D eigenvalue weighted by atomic mass is 10.1. The first-order chi connectivity index (χ1) is 15.5. The molecule has 168 valence electrons. The van der Waals surface area contributed by atoms with E-state index in [4.69, 9.17) is 4.74 Å². The zero-order chi connectivity index (χ0) is 22.5. The molecule has 1 saturated heterocycles. The molecule has 1 aliphatic heterocycles. The minimum atomic E-state index is -0.560. The SMILES string of the molecule is CCOc1ccccc1CN1CCNC(=O)C1CC(=O)NCc1cc2cc(F)ccc2[nH]1. The van der Waals surface area contributed by atoms with Crippen molar-refractivity contribution in [2.75, 3.05) is 19.7 Å². The van der Waals surface area contributed by atoms with E-state index in [1.807, 2.05) is 42.2 Å². The van der Waals surface area contributed by atoms with Crippen LogP contribution < -0.4 is 15.4 Å². The third-order valence-electron chi connectivity index (χ3n) is 5.58. The van der Waals surface area contributed by atoms with Crippen molar-refractivity contribution < 1.29 is 18.7 Å². The van der Waals surface area contributed by atoms with Crippen LogP contribution in [0.25, 0.3) is 10.9 Å². The number of H-pyrrole nitrogens is 1. The molecule has 2 amide bonds. The Labute approximate surface area is 185 Å². The average Bonchev–Trinajstić information content (AvgIpc) is 3.18. The number of hydrogen-bond acceptors (Lipinski definition) is 4. The second-order valence-electron chi connectivity index (χ2n) is 7.83. The maximum Gasteiger partial charge on any atom is 0.237 e. The van der Waals surface area contributed by atoms with Gasteiger partial charge in [0.05, 0.1) is 25.6 Å². The molecule has 0 radical (unpaired) electrons. The number of piperazine rings is 1. The predicted octanol–water partition coefficient (Wildman–Crippen LogP) is 2.71. The van der Waals surface area contributed by atoms with Crippen molar-refractivity contribution in [1.29, 1.82) is 0 Å². The van der Waals surface area contributed by atoms with Crippen molar-refractivity contribution in [1.82, 2.24) is 20.5 Å². The molecule has 1 fully saturated rings. The Morgan fingerprint density at radius 1 is 1.25 bits per heavy atom. The predicted molar refractivity (Wildman–Crippen MR) is 120 cm³/mol. The summed E-state index contributed by atoms with van der Waals surface area (Å²) in [7, 11) is 0. The van der Waals surface area contributed by atoms with Gasteiger partial charge in [0.1, 0.15) is 11.6 Å². The highest BCUT2D eigenvalue weighted by Gasteiger charge is 2.32. The van der Waals surface area contributed by atoms with Gasteiger partial charge in [-0.25, -0.2) is 4.39 Å². The molecule has 1 unspecified atom stereocenters. The number of carbonyl (C=O) groups excluding carboxylic acids is 2. The van der Waals surface area contributed by atoms with Crippen LogP contribution in [0.2, 0.25) is 0 Å². The van der Waals surface area contributed by atoms with E-state index < -0.39 is 6.04 Å². The van der Waals surface area contributed by atoms with Gasteiger partial charge in [-0.1, -0.05) is 18.2 Å². The van der Waals surface area contributed by atoms with Crippen LogP contribution in [0, 0.1) is 5.82 Å². The van der Waals surface area contributed by atoms with Gasteiger partial charge >= 0.3 is 0 Å². The minimum Gasteiger partial charge on any atom is -0.494 e. The largest absolute Gasteiger partial charge is 0.494 e. The standard InChI is InChI=1S/C24H27FN4O3/c1-2-32-22-6-4-3-5-16(22)15-29-10-9-26-24(31)21(29)13-23(30)27-14-19-12-17-11-18(25)7-8-20(17)28-19/h3-8,11-12,21,28H,2,9-10,13-15H2,1H3,(H,26,31)(H,27,30). The van der Waals surface area contributed by atoms with Gasteiger partial charge in [-0.2, -0.15) is 0 Å². The van der Waals surface area contributed by atoms with Crippen LogP contribution in [0.15, 0.2) is 48.5 Å². The van der Waals surface area contributed by atoms with Crippen LogP contribution >= 0.6 is 0 Å². The summed E-state index contributed by atoms with van der Waals surface area (Å²) in [6, 6.07) is 13.5. The fourth-order valence-corrected chi connectivity index (χ4v) is 4.02. The number of nitrogens with one attached hydrogen (secondary N) is 3. The summed E-state index contributed by atoms with van der Waals surface area (Å²) >= 11 is 0. The molecule has 3 aromatic rings. The first-order valence-electron chi connectivity index (χ1n) is 10.8. The number of ether oxygens (including phenoxy) is 1. The van der Waals surface area contributed by atoms with Crippen molar-refractivity contribution >= 4 is 22.7 Å². The molecule has 3 N–H and O–H groups in total. The van der Waals surface area contributed by atoms with Gasteiger partial charge in [-0.05, 0) is 37.3 Å². The van der Waals surface area contributed by atoms with Crippen LogP contribution in [0.5, 0.6) is 5.75 Å². The van der Waals surface area contributed by atoms with Crippen molar-refractivity contribution in [3.63, 3.8) is 0 Å². The van der Waals surface area contributed by atoms with Gasteiger partial charge in [0, 0.05) is 41.8 Å². The van der Waals surface area contributed by atoms with E-state index in [2.05, 4.69) is 15.6 Å². The Morgan fingerprint density at radius 3 is 2.94 bits per heavy atom. The molecule has 1 atom stereocenters. The number of hydrogen-bond donors (Lipinski definition) is 3. The first kappa shape index (κ1) is 21.8. The third kappa shape index (κ3) is 5.08. The highest BCUT2D eigenvalue weighted by atomic mass is 19.1. The van der Waals surface area contributed by atoms with Crippen LogP contribution in [-0.4, -0.2) is 47.4 Å². The number of amides is 2. The number of fused-ring (bicyclic) bond motifs is 1. The smallest absolute Gasteiger partial charge is 0.237 e. The normalized spacial score (nSPS) is 16.7. The quantitative estimate of drug-likeness (QED) is 0.505. The maximum absolute atomic E-state index is 13.4. The van der Waals surface area contributed by atoms with E-state index >= 15 is 0 Å². The number of aromatic amines is 1. The fraction of sp³-hybridized carbons (Fsp3) is 0.333. The van der Waals surface area contributed by atoms with Gasteiger partial charge in [-0.15, -0.1) is 0 Å². The first-order valence-corrected chi connectivity index (χ1v) is 10.8. The summed E-state index contributed by atoms with van der Waals surface area (Å²) in [6.45, 7) is 4.48. The third-order valence-corrected chi connectivity index (χ3v) is 5.58. The van der Waals surface area contributed by atoms with Crippen LogP contribution in [-0.2, 0) is 22.7 Å². The summed E-state index contributed by atoms with van der Waals surface area (Å²) in [5.41, 5.74) is 2.57.